The third kappa shape index (κ3) is 2.89. The number of nitrogens with two attached hydrogens (primary N) is 1. The molecule has 0 radical (unpaired) electrons. The first-order valence-corrected chi connectivity index (χ1v) is 4.45. The molecule has 1 heterocycles. The van der Waals surface area contributed by atoms with Gasteiger partial charge in [0.15, 0.2) is 0 Å². The van der Waals surface area contributed by atoms with Crippen LogP contribution in [0.1, 0.15) is 0 Å². The lowest BCUT2D eigenvalue weighted by atomic mass is 10.5. The summed E-state index contributed by atoms with van der Waals surface area (Å²) in [5, 5.41) is -0.0224. The van der Waals surface area contributed by atoms with Gasteiger partial charge >= 0.3 is 0 Å². The smallest absolute Gasteiger partial charge is 0.281 e. The van der Waals surface area contributed by atoms with Crippen molar-refractivity contribution >= 4 is 40.2 Å². The minimum absolute atomic E-state index is 0.242. The van der Waals surface area contributed by atoms with E-state index in [1.54, 1.807) is 0 Å². The molecule has 0 aromatic carbocycles. The molecule has 1 aromatic heterocycles. The van der Waals surface area contributed by atoms with Gasteiger partial charge in [0.25, 0.3) is 5.24 Å². The summed E-state index contributed by atoms with van der Waals surface area (Å²) < 4.78 is 0. The summed E-state index contributed by atoms with van der Waals surface area (Å²) in [6, 6.07) is 3.03. The van der Waals surface area contributed by atoms with Gasteiger partial charge in [0.2, 0.25) is 0 Å². The fourth-order valence-corrected chi connectivity index (χ4v) is 1.78. The largest absolute Gasteiger partial charge is 0.360 e. The Balaban J connectivity index is 2.93. The predicted octanol–water partition coefficient (Wildman–Crippen LogP) is 2.56. The van der Waals surface area contributed by atoms with Crippen molar-refractivity contribution in [3.63, 3.8) is 0 Å². The number of aromatic nitrogens is 1. The maximum Gasteiger partial charge on any atom is 0.281 e. The number of primary amides is 1. The average molecular weight is 223 g/mol. The highest BCUT2D eigenvalue weighted by Crippen LogP contribution is 2.23. The minimum atomic E-state index is -0.506. The molecule has 1 aromatic rings. The Morgan fingerprint density at radius 3 is 2.33 bits per heavy atom. The van der Waals surface area contributed by atoms with Crippen molar-refractivity contribution in [3.8, 4) is 0 Å². The van der Waals surface area contributed by atoms with Gasteiger partial charge in [0, 0.05) is 4.90 Å². The number of hydrogen-bond acceptors (Lipinski definition) is 3. The molecule has 1 rings (SSSR count). The second-order valence-electron chi connectivity index (χ2n) is 1.87. The van der Waals surface area contributed by atoms with Crippen LogP contribution in [-0.4, -0.2) is 10.2 Å². The van der Waals surface area contributed by atoms with Crippen molar-refractivity contribution in [2.45, 2.75) is 4.90 Å². The molecule has 0 atom stereocenters. The Kier molecular flexibility index (Phi) is 3.20. The van der Waals surface area contributed by atoms with E-state index in [1.807, 2.05) is 0 Å². The van der Waals surface area contributed by atoms with Crippen LogP contribution >= 0.6 is 35.0 Å². The number of amides is 1. The SMILES string of the molecule is NC(=O)Sc1cc(Cl)nc(Cl)c1. The highest BCUT2D eigenvalue weighted by Gasteiger charge is 2.02. The molecule has 0 bridgehead atoms. The Labute approximate surface area is 83.2 Å². The van der Waals surface area contributed by atoms with Crippen molar-refractivity contribution in [2.24, 2.45) is 5.73 Å². The van der Waals surface area contributed by atoms with Gasteiger partial charge in [-0.3, -0.25) is 4.79 Å². The van der Waals surface area contributed by atoms with Crippen LogP contribution in [0.5, 0.6) is 0 Å². The van der Waals surface area contributed by atoms with Crippen LogP contribution in [0.4, 0.5) is 4.79 Å². The predicted molar refractivity (Wildman–Crippen MR) is 49.7 cm³/mol. The molecule has 0 unspecified atom stereocenters. The van der Waals surface area contributed by atoms with E-state index in [9.17, 15) is 4.79 Å². The molecule has 0 saturated carbocycles. The van der Waals surface area contributed by atoms with Gasteiger partial charge in [-0.25, -0.2) is 4.98 Å². The molecule has 0 aliphatic rings. The van der Waals surface area contributed by atoms with Crippen LogP contribution in [0, 0.1) is 0 Å². The molecule has 2 N–H and O–H groups in total. The Morgan fingerprint density at radius 2 is 1.92 bits per heavy atom. The molecule has 1 amide bonds. The van der Waals surface area contributed by atoms with E-state index in [4.69, 9.17) is 28.9 Å². The van der Waals surface area contributed by atoms with E-state index in [2.05, 4.69) is 4.98 Å². The summed E-state index contributed by atoms with van der Waals surface area (Å²) in [7, 11) is 0. The minimum Gasteiger partial charge on any atom is -0.360 e. The summed E-state index contributed by atoms with van der Waals surface area (Å²) in [4.78, 5) is 14.8. The van der Waals surface area contributed by atoms with Crippen LogP contribution in [-0.2, 0) is 0 Å². The van der Waals surface area contributed by atoms with Crippen molar-refractivity contribution in [3.05, 3.63) is 22.4 Å². The number of carbonyl (C=O) groups excluding carboxylic acids is 1. The molecular formula is C6H4Cl2N2OS. The lowest BCUT2D eigenvalue weighted by Crippen LogP contribution is -2.01. The lowest BCUT2D eigenvalue weighted by Gasteiger charge is -1.97. The summed E-state index contributed by atoms with van der Waals surface area (Å²) in [6.45, 7) is 0. The number of nitrogens with zero attached hydrogens (tertiary/aromatic N) is 1. The standard InChI is InChI=1S/C6H4Cl2N2OS/c7-4-1-3(12-6(9)11)2-5(8)10-4/h1-2H,(H2,9,11). The number of pyridine rings is 1. The van der Waals surface area contributed by atoms with Crippen molar-refractivity contribution < 1.29 is 4.79 Å². The van der Waals surface area contributed by atoms with Gasteiger partial charge in [0.05, 0.1) is 0 Å². The van der Waals surface area contributed by atoms with E-state index in [1.165, 1.54) is 12.1 Å². The van der Waals surface area contributed by atoms with Crippen LogP contribution in [0.15, 0.2) is 17.0 Å². The quantitative estimate of drug-likeness (QED) is 0.587. The maximum atomic E-state index is 10.5. The van der Waals surface area contributed by atoms with E-state index < -0.39 is 5.24 Å². The summed E-state index contributed by atoms with van der Waals surface area (Å²) >= 11 is 12.0. The number of thioether (sulfide) groups is 1. The fraction of sp³-hybridized carbons (Fsp3) is 0. The van der Waals surface area contributed by atoms with Crippen molar-refractivity contribution in [1.29, 1.82) is 0 Å². The van der Waals surface area contributed by atoms with Gasteiger partial charge in [-0.1, -0.05) is 23.2 Å². The number of halogens is 2. The Morgan fingerprint density at radius 1 is 1.42 bits per heavy atom. The summed E-state index contributed by atoms with van der Waals surface area (Å²) in [5.74, 6) is 0. The first kappa shape index (κ1) is 9.64. The van der Waals surface area contributed by atoms with Gasteiger partial charge < -0.3 is 5.73 Å². The summed E-state index contributed by atoms with van der Waals surface area (Å²) in [6.07, 6.45) is 0. The van der Waals surface area contributed by atoms with Gasteiger partial charge in [-0.05, 0) is 23.9 Å². The molecule has 0 spiro atoms. The second-order valence-corrected chi connectivity index (χ2v) is 3.72. The van der Waals surface area contributed by atoms with Crippen molar-refractivity contribution in [2.75, 3.05) is 0 Å². The van der Waals surface area contributed by atoms with Crippen LogP contribution in [0.25, 0.3) is 0 Å². The van der Waals surface area contributed by atoms with E-state index >= 15 is 0 Å². The highest BCUT2D eigenvalue weighted by molar-refractivity contribution is 8.13. The third-order valence-electron chi connectivity index (χ3n) is 0.955. The highest BCUT2D eigenvalue weighted by atomic mass is 35.5. The zero-order valence-electron chi connectivity index (χ0n) is 5.75. The zero-order valence-corrected chi connectivity index (χ0v) is 8.08. The molecule has 0 aliphatic heterocycles. The molecule has 12 heavy (non-hydrogen) atoms. The molecule has 64 valence electrons. The normalized spacial score (nSPS) is 9.83. The maximum absolute atomic E-state index is 10.5. The van der Waals surface area contributed by atoms with Crippen LogP contribution in [0.3, 0.4) is 0 Å². The van der Waals surface area contributed by atoms with E-state index in [-0.39, 0.29) is 10.3 Å². The van der Waals surface area contributed by atoms with E-state index in [0.717, 1.165) is 11.8 Å². The number of hydrogen-bond donors (Lipinski definition) is 1. The van der Waals surface area contributed by atoms with Gasteiger partial charge in [-0.15, -0.1) is 0 Å². The molecule has 6 heteroatoms. The lowest BCUT2D eigenvalue weighted by molar-refractivity contribution is 0.267. The van der Waals surface area contributed by atoms with Crippen LogP contribution in [0.2, 0.25) is 10.3 Å². The topological polar surface area (TPSA) is 56.0 Å². The average Bonchev–Trinajstić information content (AvgIpc) is 1.81. The number of carbonyl (C=O) groups is 1. The molecule has 0 fully saturated rings. The Hall–Kier alpha value is -0.450. The third-order valence-corrected chi connectivity index (χ3v) is 2.01. The second kappa shape index (κ2) is 3.98. The van der Waals surface area contributed by atoms with E-state index in [0.29, 0.717) is 4.90 Å². The monoisotopic (exact) mass is 222 g/mol. The summed E-state index contributed by atoms with van der Waals surface area (Å²) in [5.41, 5.74) is 4.94. The Bertz CT molecular complexity index is 298. The van der Waals surface area contributed by atoms with Crippen molar-refractivity contribution in [1.82, 2.24) is 4.98 Å². The zero-order chi connectivity index (χ0) is 9.14. The van der Waals surface area contributed by atoms with Gasteiger partial charge in [-0.2, -0.15) is 0 Å². The number of rotatable bonds is 1. The van der Waals surface area contributed by atoms with Gasteiger partial charge in [0.1, 0.15) is 10.3 Å². The fourth-order valence-electron chi connectivity index (χ4n) is 0.618. The molecule has 3 nitrogen and oxygen atoms in total. The van der Waals surface area contributed by atoms with Crippen LogP contribution < -0.4 is 5.73 Å². The molecular weight excluding hydrogens is 219 g/mol. The molecule has 0 aliphatic carbocycles. The molecule has 0 saturated heterocycles. The first-order chi connectivity index (χ1) is 5.58. The first-order valence-electron chi connectivity index (χ1n) is 2.88.